The van der Waals surface area contributed by atoms with Gasteiger partial charge in [-0.1, -0.05) is 6.92 Å². The van der Waals surface area contributed by atoms with Gasteiger partial charge in [0.05, 0.1) is 0 Å². The molecule has 0 spiro atoms. The van der Waals surface area contributed by atoms with Crippen LogP contribution in [0.5, 0.6) is 0 Å². The van der Waals surface area contributed by atoms with Crippen molar-refractivity contribution in [3.63, 3.8) is 0 Å². The van der Waals surface area contributed by atoms with Crippen molar-refractivity contribution in [2.24, 2.45) is 5.41 Å². The molecule has 0 aromatic carbocycles. The number of carboxylic acid groups (broad SMARTS) is 1. The second-order valence-corrected chi connectivity index (χ2v) is 6.18. The number of alkyl halides is 2. The Kier molecular flexibility index (Phi) is 3.80. The third kappa shape index (κ3) is 4.04. The van der Waals surface area contributed by atoms with Crippen molar-refractivity contribution in [3.8, 4) is 0 Å². The van der Waals surface area contributed by atoms with Gasteiger partial charge in [0.25, 0.3) is 5.92 Å². The van der Waals surface area contributed by atoms with Gasteiger partial charge in [0.15, 0.2) is 0 Å². The Morgan fingerprint density at radius 1 is 1.42 bits per heavy atom. The van der Waals surface area contributed by atoms with Gasteiger partial charge in [0.1, 0.15) is 11.6 Å². The third-order valence-electron chi connectivity index (χ3n) is 3.01. The highest BCUT2D eigenvalue weighted by atomic mass is 19.3. The number of amides is 1. The topological polar surface area (TPSA) is 75.6 Å². The van der Waals surface area contributed by atoms with E-state index in [9.17, 15) is 18.4 Å². The average molecular weight is 279 g/mol. The maximum Gasteiger partial charge on any atom is 0.408 e. The molecule has 19 heavy (non-hydrogen) atoms. The van der Waals surface area contributed by atoms with Crippen molar-refractivity contribution < 1.29 is 28.2 Å². The fraction of sp³-hybridized carbons (Fsp3) is 0.833. The van der Waals surface area contributed by atoms with Gasteiger partial charge >= 0.3 is 12.1 Å². The number of carbonyl (C=O) groups is 2. The average Bonchev–Trinajstić information content (AvgIpc) is 2.60. The highest BCUT2D eigenvalue weighted by Crippen LogP contribution is 2.62. The molecule has 1 aliphatic carbocycles. The minimum Gasteiger partial charge on any atom is -0.480 e. The maximum atomic E-state index is 13.1. The first kappa shape index (κ1) is 15.7. The second kappa shape index (κ2) is 4.61. The molecule has 0 bridgehead atoms. The van der Waals surface area contributed by atoms with Gasteiger partial charge in [0.2, 0.25) is 0 Å². The first-order valence-electron chi connectivity index (χ1n) is 5.96. The first-order chi connectivity index (χ1) is 8.36. The normalized spacial score (nSPS) is 26.4. The SMILES string of the molecule is CC(C)(C)OC(=O)NC(CC1(C)CC1(F)F)C(=O)O. The van der Waals surface area contributed by atoms with Crippen molar-refractivity contribution in [1.29, 1.82) is 0 Å². The predicted octanol–water partition coefficient (Wildman–Crippen LogP) is 2.40. The highest BCUT2D eigenvalue weighted by Gasteiger charge is 2.68. The summed E-state index contributed by atoms with van der Waals surface area (Å²) in [6.45, 7) is 6.18. The number of hydrogen-bond donors (Lipinski definition) is 2. The molecule has 0 heterocycles. The van der Waals surface area contributed by atoms with Crippen molar-refractivity contribution in [3.05, 3.63) is 0 Å². The molecule has 0 aromatic rings. The lowest BCUT2D eigenvalue weighted by Gasteiger charge is -2.23. The standard InChI is InChI=1S/C12H19F2NO4/c1-10(2,3)19-9(18)15-7(8(16)17)5-11(4)6-12(11,13)14/h7H,5-6H2,1-4H3,(H,15,18)(H,16,17). The Hall–Kier alpha value is -1.40. The van der Waals surface area contributed by atoms with Crippen LogP contribution in [-0.4, -0.2) is 34.7 Å². The van der Waals surface area contributed by atoms with Crippen molar-refractivity contribution >= 4 is 12.1 Å². The summed E-state index contributed by atoms with van der Waals surface area (Å²) < 4.78 is 31.1. The number of hydrogen-bond acceptors (Lipinski definition) is 3. The Labute approximate surface area is 110 Å². The summed E-state index contributed by atoms with van der Waals surface area (Å²) >= 11 is 0. The van der Waals surface area contributed by atoms with E-state index < -0.39 is 35.0 Å². The van der Waals surface area contributed by atoms with Crippen molar-refractivity contribution in [2.45, 2.75) is 58.1 Å². The van der Waals surface area contributed by atoms with E-state index in [1.807, 2.05) is 0 Å². The molecule has 0 radical (unpaired) electrons. The fourth-order valence-corrected chi connectivity index (χ4v) is 1.77. The van der Waals surface area contributed by atoms with Crippen LogP contribution in [0.15, 0.2) is 0 Å². The van der Waals surface area contributed by atoms with E-state index in [2.05, 4.69) is 5.32 Å². The van der Waals surface area contributed by atoms with E-state index in [-0.39, 0.29) is 12.8 Å². The van der Waals surface area contributed by atoms with E-state index >= 15 is 0 Å². The van der Waals surface area contributed by atoms with E-state index in [4.69, 9.17) is 9.84 Å². The highest BCUT2D eigenvalue weighted by molar-refractivity contribution is 5.80. The number of halogens is 2. The van der Waals surface area contributed by atoms with Crippen LogP contribution in [-0.2, 0) is 9.53 Å². The summed E-state index contributed by atoms with van der Waals surface area (Å²) in [4.78, 5) is 22.5. The van der Waals surface area contributed by atoms with Gasteiger partial charge in [-0.05, 0) is 27.2 Å². The first-order valence-corrected chi connectivity index (χ1v) is 5.96. The number of rotatable bonds is 4. The Morgan fingerprint density at radius 2 is 1.89 bits per heavy atom. The number of carbonyl (C=O) groups excluding carboxylic acids is 1. The second-order valence-electron chi connectivity index (χ2n) is 6.18. The lowest BCUT2D eigenvalue weighted by atomic mass is 9.98. The molecule has 7 heteroatoms. The summed E-state index contributed by atoms with van der Waals surface area (Å²) in [5.74, 6) is -4.22. The molecule has 1 aliphatic rings. The molecule has 1 fully saturated rings. The number of ether oxygens (including phenoxy) is 1. The van der Waals surface area contributed by atoms with Crippen LogP contribution in [0.25, 0.3) is 0 Å². The van der Waals surface area contributed by atoms with Crippen LogP contribution in [0.3, 0.4) is 0 Å². The van der Waals surface area contributed by atoms with Gasteiger partial charge in [-0.2, -0.15) is 0 Å². The van der Waals surface area contributed by atoms with E-state index in [0.29, 0.717) is 0 Å². The molecular formula is C12H19F2NO4. The van der Waals surface area contributed by atoms with Crippen LogP contribution in [0.2, 0.25) is 0 Å². The summed E-state index contributed by atoms with van der Waals surface area (Å²) in [5.41, 5.74) is -2.15. The van der Waals surface area contributed by atoms with E-state index in [1.54, 1.807) is 20.8 Å². The molecule has 1 rings (SSSR count). The zero-order valence-corrected chi connectivity index (χ0v) is 11.4. The molecule has 0 aliphatic heterocycles. The van der Waals surface area contributed by atoms with E-state index in [0.717, 1.165) is 0 Å². The lowest BCUT2D eigenvalue weighted by Crippen LogP contribution is -2.44. The minimum absolute atomic E-state index is 0.325. The predicted molar refractivity (Wildman–Crippen MR) is 63.1 cm³/mol. The molecule has 1 saturated carbocycles. The van der Waals surface area contributed by atoms with Crippen LogP contribution in [0.4, 0.5) is 13.6 Å². The van der Waals surface area contributed by atoms with Gasteiger partial charge < -0.3 is 15.2 Å². The fourth-order valence-electron chi connectivity index (χ4n) is 1.77. The molecule has 0 saturated heterocycles. The Bertz CT molecular complexity index is 392. The number of carboxylic acids is 1. The van der Waals surface area contributed by atoms with Crippen molar-refractivity contribution in [1.82, 2.24) is 5.32 Å². The molecule has 2 unspecified atom stereocenters. The van der Waals surface area contributed by atoms with Gasteiger partial charge in [-0.15, -0.1) is 0 Å². The summed E-state index contributed by atoms with van der Waals surface area (Å²) in [5, 5.41) is 11.1. The molecular weight excluding hydrogens is 260 g/mol. The maximum absolute atomic E-state index is 13.1. The zero-order chi connectivity index (χ0) is 15.1. The van der Waals surface area contributed by atoms with Gasteiger partial charge in [0, 0.05) is 11.8 Å². The number of nitrogens with one attached hydrogen (secondary N) is 1. The van der Waals surface area contributed by atoms with Crippen LogP contribution >= 0.6 is 0 Å². The van der Waals surface area contributed by atoms with Crippen LogP contribution < -0.4 is 5.32 Å². The van der Waals surface area contributed by atoms with Crippen molar-refractivity contribution in [2.75, 3.05) is 0 Å². The molecule has 1 amide bonds. The smallest absolute Gasteiger partial charge is 0.408 e. The zero-order valence-electron chi connectivity index (χ0n) is 11.4. The summed E-state index contributed by atoms with van der Waals surface area (Å²) in [6.07, 6.45) is -1.61. The monoisotopic (exact) mass is 279 g/mol. The molecule has 2 atom stereocenters. The molecule has 2 N–H and O–H groups in total. The number of aliphatic carboxylic acids is 1. The molecule has 5 nitrogen and oxygen atoms in total. The molecule has 110 valence electrons. The van der Waals surface area contributed by atoms with Gasteiger partial charge in [-0.25, -0.2) is 18.4 Å². The number of alkyl carbamates (subject to hydrolysis) is 1. The van der Waals surface area contributed by atoms with Crippen LogP contribution in [0, 0.1) is 5.41 Å². The Balaban J connectivity index is 2.61. The third-order valence-corrected chi connectivity index (χ3v) is 3.01. The Morgan fingerprint density at radius 3 is 2.21 bits per heavy atom. The van der Waals surface area contributed by atoms with Crippen LogP contribution in [0.1, 0.15) is 40.5 Å². The summed E-state index contributed by atoms with van der Waals surface area (Å²) in [6, 6.07) is -1.38. The largest absolute Gasteiger partial charge is 0.480 e. The minimum atomic E-state index is -2.86. The van der Waals surface area contributed by atoms with E-state index in [1.165, 1.54) is 6.92 Å². The summed E-state index contributed by atoms with van der Waals surface area (Å²) in [7, 11) is 0. The lowest BCUT2D eigenvalue weighted by molar-refractivity contribution is -0.140. The quantitative estimate of drug-likeness (QED) is 0.828. The molecule has 0 aromatic heterocycles. The van der Waals surface area contributed by atoms with Gasteiger partial charge in [-0.3, -0.25) is 0 Å².